The van der Waals surface area contributed by atoms with Gasteiger partial charge in [0.15, 0.2) is 0 Å². The second kappa shape index (κ2) is 15.2. The van der Waals surface area contributed by atoms with E-state index in [0.29, 0.717) is 0 Å². The van der Waals surface area contributed by atoms with Crippen molar-refractivity contribution in [2.75, 3.05) is 0 Å². The van der Waals surface area contributed by atoms with Gasteiger partial charge in [-0.1, -0.05) is 119 Å². The van der Waals surface area contributed by atoms with Gasteiger partial charge in [-0.05, 0) is 10.8 Å². The van der Waals surface area contributed by atoms with Crippen LogP contribution in [0.4, 0.5) is 0 Å². The van der Waals surface area contributed by atoms with E-state index < -0.39 is 0 Å². The SMILES string of the molecule is CC(C)(C)c1ccc2[cH-]c3ccc(C(C)(C)C)cc3c2c1.C[Si](C)=[Zr+2].[Cl-].[Cl-].c1ccc(-c2c[cH-]c3ccccc23)cc1. The molecule has 0 aromatic heterocycles. The van der Waals surface area contributed by atoms with Gasteiger partial charge in [0.1, 0.15) is 0 Å². The number of fused-ring (bicyclic) bond motifs is 4. The Hall–Kier alpha value is -1.96. The van der Waals surface area contributed by atoms with E-state index >= 15 is 0 Å². The van der Waals surface area contributed by atoms with Crippen molar-refractivity contribution in [3.8, 4) is 11.1 Å². The summed E-state index contributed by atoms with van der Waals surface area (Å²) in [7, 11) is 0. The second-order valence-corrected chi connectivity index (χ2v) is 22.3. The molecule has 0 amide bonds. The van der Waals surface area contributed by atoms with Crippen LogP contribution in [0.25, 0.3) is 43.4 Å². The first kappa shape index (κ1) is 36.2. The van der Waals surface area contributed by atoms with E-state index in [-0.39, 0.29) is 41.1 Å². The molecule has 0 radical (unpaired) electrons. The van der Waals surface area contributed by atoms with Crippen LogP contribution in [0.3, 0.4) is 0 Å². The van der Waals surface area contributed by atoms with Crippen LogP contribution >= 0.6 is 0 Å². The molecule has 0 aliphatic heterocycles. The fraction of sp³-hybridized carbons (Fsp3) is 0.263. The van der Waals surface area contributed by atoms with E-state index in [1.165, 1.54) is 54.6 Å². The summed E-state index contributed by atoms with van der Waals surface area (Å²) in [5.41, 5.74) is 6.03. The molecule has 0 unspecified atom stereocenters. The molecular weight excluding hydrogens is 647 g/mol. The van der Waals surface area contributed by atoms with Gasteiger partial charge in [-0.2, -0.15) is 0 Å². The fourth-order valence-electron chi connectivity index (χ4n) is 4.95. The van der Waals surface area contributed by atoms with Gasteiger partial charge in [0.2, 0.25) is 0 Å². The smallest absolute Gasteiger partial charge is 0.0623 e. The fourth-order valence-corrected chi connectivity index (χ4v) is 4.95. The Balaban J connectivity index is 0.000000259. The average molecular weight is 689 g/mol. The molecule has 6 aromatic carbocycles. The van der Waals surface area contributed by atoms with Crippen molar-refractivity contribution in [1.82, 2.24) is 0 Å². The van der Waals surface area contributed by atoms with Gasteiger partial charge in [-0.3, -0.25) is 0 Å². The number of benzene rings is 4. The molecule has 0 nitrogen and oxygen atoms in total. The van der Waals surface area contributed by atoms with Gasteiger partial charge in [-0.15, -0.1) is 86.4 Å². The van der Waals surface area contributed by atoms with Gasteiger partial charge in [0.25, 0.3) is 0 Å². The summed E-state index contributed by atoms with van der Waals surface area (Å²) in [5, 5.41) is 8.14. The minimum atomic E-state index is 0. The summed E-state index contributed by atoms with van der Waals surface area (Å²) >= 11 is 1.74. The standard InChI is InChI=1S/C21H25.C15H11.C2H6Si.2ClH.Zr/c1-20(2,3)16-9-7-14-11-15-8-10-17(21(4,5)6)13-19(15)18(14)12-16;1-2-6-12(7-3-1)15-11-10-13-8-4-5-9-14(13)15;1-3-2;;;/h7-13H,1-6H3;1-11H;1-2H3;2*1H;/q2*-1;;;;+2/p-2. The molecule has 4 heteroatoms. The van der Waals surface area contributed by atoms with Crippen LogP contribution in [0.5, 0.6) is 0 Å². The van der Waals surface area contributed by atoms with E-state index in [0.717, 1.165) is 0 Å². The first-order valence-corrected chi connectivity index (χ1v) is 20.4. The van der Waals surface area contributed by atoms with Gasteiger partial charge < -0.3 is 24.8 Å². The first-order valence-electron chi connectivity index (χ1n) is 14.2. The Labute approximate surface area is 280 Å². The number of hydrogen-bond acceptors (Lipinski definition) is 0. The maximum absolute atomic E-state index is 2.38. The molecule has 6 aromatic rings. The minimum Gasteiger partial charge on any atom is -1.00 e. The van der Waals surface area contributed by atoms with Crippen LogP contribution in [0.2, 0.25) is 13.1 Å². The van der Waals surface area contributed by atoms with Crippen molar-refractivity contribution < 1.29 is 48.1 Å². The zero-order valence-electron chi connectivity index (χ0n) is 26.1. The van der Waals surface area contributed by atoms with Crippen LogP contribution in [0.15, 0.2) is 109 Å². The van der Waals surface area contributed by atoms with Crippen LogP contribution in [0.1, 0.15) is 52.7 Å². The number of halogens is 2. The third-order valence-electron chi connectivity index (χ3n) is 7.21. The number of hydrogen-bond donors (Lipinski definition) is 0. The van der Waals surface area contributed by atoms with Crippen molar-refractivity contribution >= 4 is 37.8 Å². The zero-order valence-corrected chi connectivity index (χ0v) is 31.1. The predicted molar refractivity (Wildman–Crippen MR) is 177 cm³/mol. The first-order chi connectivity index (χ1) is 18.8. The molecule has 0 bridgehead atoms. The van der Waals surface area contributed by atoms with Crippen molar-refractivity contribution in [2.45, 2.75) is 65.5 Å². The molecule has 6 rings (SSSR count). The molecule has 0 aliphatic carbocycles. The summed E-state index contributed by atoms with van der Waals surface area (Å²) in [4.78, 5) is 0. The van der Waals surface area contributed by atoms with E-state index in [1.54, 1.807) is 23.3 Å². The molecule has 0 aliphatic rings. The average Bonchev–Trinajstić information content (AvgIpc) is 3.49. The van der Waals surface area contributed by atoms with Crippen LogP contribution in [-0.4, -0.2) is 5.43 Å². The molecule has 0 N–H and O–H groups in total. The molecule has 218 valence electrons. The summed E-state index contributed by atoms with van der Waals surface area (Å²) < 4.78 is 0. The molecule has 0 atom stereocenters. The minimum absolute atomic E-state index is 0. The van der Waals surface area contributed by atoms with Crippen molar-refractivity contribution in [2.24, 2.45) is 0 Å². The third kappa shape index (κ3) is 9.03. The second-order valence-electron chi connectivity index (χ2n) is 12.9. The van der Waals surface area contributed by atoms with E-state index in [4.69, 9.17) is 0 Å². The molecule has 0 fully saturated rings. The van der Waals surface area contributed by atoms with Gasteiger partial charge in [0, 0.05) is 0 Å². The summed E-state index contributed by atoms with van der Waals surface area (Å²) in [6.07, 6.45) is 0. The molecule has 0 heterocycles. The molecule has 42 heavy (non-hydrogen) atoms. The van der Waals surface area contributed by atoms with E-state index in [2.05, 4.69) is 164 Å². The number of rotatable bonds is 1. The normalized spacial score (nSPS) is 11.1. The zero-order chi connectivity index (χ0) is 29.1. The quantitative estimate of drug-likeness (QED) is 0.162. The summed E-state index contributed by atoms with van der Waals surface area (Å²) in [6, 6.07) is 39.5. The van der Waals surface area contributed by atoms with E-state index in [9.17, 15) is 0 Å². The molecular formula is C38H42Cl2SiZr-2. The van der Waals surface area contributed by atoms with Crippen LogP contribution in [-0.2, 0) is 34.2 Å². The van der Waals surface area contributed by atoms with Gasteiger partial charge >= 0.3 is 41.9 Å². The molecule has 0 saturated heterocycles. The van der Waals surface area contributed by atoms with Crippen LogP contribution < -0.4 is 24.8 Å². The predicted octanol–water partition coefficient (Wildman–Crippen LogP) is 5.32. The Kier molecular flexibility index (Phi) is 13.1. The molecule has 0 spiro atoms. The van der Waals surface area contributed by atoms with Crippen LogP contribution in [0, 0.1) is 0 Å². The largest absolute Gasteiger partial charge is 1.00 e. The Morgan fingerprint density at radius 2 is 1.02 bits per heavy atom. The summed E-state index contributed by atoms with van der Waals surface area (Å²) in [5.74, 6) is 0. The van der Waals surface area contributed by atoms with Gasteiger partial charge in [-0.25, -0.2) is 0 Å². The van der Waals surface area contributed by atoms with E-state index in [1.807, 2.05) is 0 Å². The van der Waals surface area contributed by atoms with Crippen molar-refractivity contribution in [1.29, 1.82) is 0 Å². The topological polar surface area (TPSA) is 0 Å². The summed E-state index contributed by atoms with van der Waals surface area (Å²) in [6.45, 7) is 18.3. The Morgan fingerprint density at radius 1 is 0.571 bits per heavy atom. The Bertz CT molecular complexity index is 1670. The maximum atomic E-state index is 2.38. The van der Waals surface area contributed by atoms with Gasteiger partial charge in [0.05, 0.1) is 0 Å². The van der Waals surface area contributed by atoms with Crippen molar-refractivity contribution in [3.05, 3.63) is 120 Å². The monoisotopic (exact) mass is 686 g/mol. The maximum Gasteiger partial charge on any atom is -0.0623 e. The molecule has 0 saturated carbocycles. The Morgan fingerprint density at radius 3 is 1.50 bits per heavy atom. The third-order valence-corrected chi connectivity index (χ3v) is 7.21. The van der Waals surface area contributed by atoms with Crippen molar-refractivity contribution in [3.63, 3.8) is 0 Å².